The first-order valence-corrected chi connectivity index (χ1v) is 13.6. The number of sulfonamides is 1. The summed E-state index contributed by atoms with van der Waals surface area (Å²) in [5.74, 6) is 0.0258. The molecule has 13 heteroatoms. The maximum atomic E-state index is 13.4. The number of carbonyl (C=O) groups excluding carboxylic acids is 2. The first-order valence-electron chi connectivity index (χ1n) is 12.1. The van der Waals surface area contributed by atoms with Crippen molar-refractivity contribution in [3.05, 3.63) is 59.9 Å². The van der Waals surface area contributed by atoms with E-state index < -0.39 is 22.0 Å². The number of fused-ring (bicyclic) bond motifs is 1. The summed E-state index contributed by atoms with van der Waals surface area (Å²) in [6.45, 7) is 3.60. The molecule has 0 unspecified atom stereocenters. The third-order valence-corrected chi connectivity index (χ3v) is 7.58. The van der Waals surface area contributed by atoms with Crippen molar-refractivity contribution in [2.24, 2.45) is 17.9 Å². The van der Waals surface area contributed by atoms with Gasteiger partial charge in [-0.25, -0.2) is 23.4 Å². The van der Waals surface area contributed by atoms with Gasteiger partial charge in [0.05, 0.1) is 22.1 Å². The van der Waals surface area contributed by atoms with E-state index in [1.807, 2.05) is 48.8 Å². The van der Waals surface area contributed by atoms with Gasteiger partial charge < -0.3 is 15.4 Å². The predicted molar refractivity (Wildman–Crippen MR) is 149 cm³/mol. The molecule has 0 fully saturated rings. The SMILES string of the molecule is Cc1ccc(N(C(=O)CC[C@H](N)C=O)c2nccc(N(C)c3ccc4c(C)n(C)nc4c3)n2)cc1S(N)(=O)=O. The van der Waals surface area contributed by atoms with Gasteiger partial charge in [-0.05, 0) is 62.2 Å². The summed E-state index contributed by atoms with van der Waals surface area (Å²) < 4.78 is 26.2. The minimum Gasteiger partial charge on any atom is -0.329 e. The van der Waals surface area contributed by atoms with E-state index in [9.17, 15) is 18.0 Å². The monoisotopic (exact) mass is 550 g/mol. The van der Waals surface area contributed by atoms with E-state index in [2.05, 4.69) is 15.1 Å². The minimum absolute atomic E-state index is 0.0167. The zero-order chi connectivity index (χ0) is 28.5. The lowest BCUT2D eigenvalue weighted by Gasteiger charge is -2.24. The molecular formula is C26H30N8O4S. The highest BCUT2D eigenvalue weighted by molar-refractivity contribution is 7.89. The third-order valence-electron chi connectivity index (χ3n) is 6.53. The molecule has 204 valence electrons. The van der Waals surface area contributed by atoms with Crippen molar-refractivity contribution in [3.63, 3.8) is 0 Å². The lowest BCUT2D eigenvalue weighted by molar-refractivity contribution is -0.118. The highest BCUT2D eigenvalue weighted by Crippen LogP contribution is 2.31. The van der Waals surface area contributed by atoms with Crippen LogP contribution < -0.4 is 20.7 Å². The van der Waals surface area contributed by atoms with Crippen molar-refractivity contribution in [2.45, 2.75) is 37.6 Å². The van der Waals surface area contributed by atoms with E-state index in [-0.39, 0.29) is 29.4 Å². The molecule has 0 saturated heterocycles. The molecule has 4 aromatic rings. The van der Waals surface area contributed by atoms with Crippen molar-refractivity contribution >= 4 is 56.3 Å². The first kappa shape index (κ1) is 27.8. The molecule has 4 rings (SSSR count). The highest BCUT2D eigenvalue weighted by atomic mass is 32.2. The number of aldehydes is 1. The molecule has 12 nitrogen and oxygen atoms in total. The van der Waals surface area contributed by atoms with Crippen LogP contribution in [0.1, 0.15) is 24.1 Å². The first-order chi connectivity index (χ1) is 18.4. The molecule has 4 N–H and O–H groups in total. The maximum Gasteiger partial charge on any atom is 0.238 e. The van der Waals surface area contributed by atoms with Crippen LogP contribution in [0.4, 0.5) is 23.1 Å². The Labute approximate surface area is 226 Å². The Bertz CT molecular complexity index is 1670. The van der Waals surface area contributed by atoms with E-state index in [1.165, 1.54) is 17.2 Å². The number of hydrogen-bond acceptors (Lipinski definition) is 9. The Kier molecular flexibility index (Phi) is 7.77. The van der Waals surface area contributed by atoms with Crippen LogP contribution in [0, 0.1) is 13.8 Å². The molecule has 0 bridgehead atoms. The quantitative estimate of drug-likeness (QED) is 0.297. The number of anilines is 4. The van der Waals surface area contributed by atoms with Crippen LogP contribution in [0.3, 0.4) is 0 Å². The number of primary sulfonamides is 1. The molecule has 1 amide bonds. The molecule has 39 heavy (non-hydrogen) atoms. The summed E-state index contributed by atoms with van der Waals surface area (Å²) >= 11 is 0. The number of nitrogens with two attached hydrogens (primary N) is 2. The number of hydrogen-bond donors (Lipinski definition) is 2. The molecule has 0 aliphatic carbocycles. The van der Waals surface area contributed by atoms with E-state index in [0.717, 1.165) is 22.3 Å². The normalized spacial score (nSPS) is 12.4. The second-order valence-electron chi connectivity index (χ2n) is 9.25. The topological polar surface area (TPSA) is 170 Å². The Morgan fingerprint density at radius 1 is 1.13 bits per heavy atom. The Balaban J connectivity index is 1.77. The van der Waals surface area contributed by atoms with Crippen molar-refractivity contribution < 1.29 is 18.0 Å². The molecule has 0 saturated carbocycles. The van der Waals surface area contributed by atoms with Crippen LogP contribution in [0.25, 0.3) is 10.9 Å². The van der Waals surface area contributed by atoms with E-state index in [0.29, 0.717) is 17.7 Å². The summed E-state index contributed by atoms with van der Waals surface area (Å²) in [4.78, 5) is 36.3. The zero-order valence-electron chi connectivity index (χ0n) is 22.1. The van der Waals surface area contributed by atoms with Gasteiger partial charge in [0.2, 0.25) is 21.9 Å². The van der Waals surface area contributed by atoms with Crippen molar-refractivity contribution in [3.8, 4) is 0 Å². The van der Waals surface area contributed by atoms with Crippen LogP contribution in [-0.2, 0) is 26.7 Å². The van der Waals surface area contributed by atoms with Gasteiger partial charge in [-0.3, -0.25) is 9.48 Å². The maximum absolute atomic E-state index is 13.4. The summed E-state index contributed by atoms with van der Waals surface area (Å²) in [5.41, 5.74) is 9.01. The summed E-state index contributed by atoms with van der Waals surface area (Å²) in [5, 5.41) is 11.0. The van der Waals surface area contributed by atoms with Gasteiger partial charge in [-0.2, -0.15) is 10.1 Å². The number of carbonyl (C=O) groups is 2. The Morgan fingerprint density at radius 3 is 2.54 bits per heavy atom. The van der Waals surface area contributed by atoms with E-state index in [1.54, 1.807) is 25.1 Å². The van der Waals surface area contributed by atoms with Crippen LogP contribution >= 0.6 is 0 Å². The number of benzene rings is 2. The second-order valence-corrected chi connectivity index (χ2v) is 10.8. The van der Waals surface area contributed by atoms with Crippen LogP contribution in [0.2, 0.25) is 0 Å². The average Bonchev–Trinajstić information content (AvgIpc) is 3.19. The number of amides is 1. The number of aromatic nitrogens is 4. The summed E-state index contributed by atoms with van der Waals surface area (Å²) in [6.07, 6.45) is 2.06. The fraction of sp³-hybridized carbons (Fsp3) is 0.269. The standard InChI is InChI=1S/C26H30N8O4S/c1-16-5-7-20(14-23(16)39(28,37)38)34(25(36)10-6-18(27)15-35)26-29-12-11-24(30-26)32(3)19-8-9-21-17(2)33(4)31-22(21)13-19/h5,7-9,11-15,18H,6,10,27H2,1-4H3,(H2,28,37,38)/t18-/m0/s1. The molecule has 0 aliphatic heterocycles. The van der Waals surface area contributed by atoms with E-state index >= 15 is 0 Å². The van der Waals surface area contributed by atoms with Gasteiger partial charge in [0.15, 0.2) is 0 Å². The molecule has 0 radical (unpaired) electrons. The van der Waals surface area contributed by atoms with Crippen molar-refractivity contribution in [1.29, 1.82) is 0 Å². The lowest BCUT2D eigenvalue weighted by Crippen LogP contribution is -2.31. The van der Waals surface area contributed by atoms with E-state index in [4.69, 9.17) is 10.9 Å². The van der Waals surface area contributed by atoms with Gasteiger partial charge in [0.25, 0.3) is 0 Å². The Morgan fingerprint density at radius 2 is 1.85 bits per heavy atom. The number of nitrogens with zero attached hydrogens (tertiary/aromatic N) is 6. The number of rotatable bonds is 9. The van der Waals surface area contributed by atoms with Gasteiger partial charge in [-0.15, -0.1) is 0 Å². The average molecular weight is 551 g/mol. The fourth-order valence-corrected chi connectivity index (χ4v) is 4.97. The van der Waals surface area contributed by atoms with Gasteiger partial charge >= 0.3 is 0 Å². The molecule has 1 atom stereocenters. The smallest absolute Gasteiger partial charge is 0.238 e. The van der Waals surface area contributed by atoms with Crippen LogP contribution in [0.15, 0.2) is 53.6 Å². The molecule has 2 aromatic carbocycles. The molecule has 2 aromatic heterocycles. The van der Waals surface area contributed by atoms with Gasteiger partial charge in [-0.1, -0.05) is 6.07 Å². The Hall–Kier alpha value is -4.20. The van der Waals surface area contributed by atoms with Crippen LogP contribution in [0.5, 0.6) is 0 Å². The highest BCUT2D eigenvalue weighted by Gasteiger charge is 2.24. The fourth-order valence-electron chi connectivity index (χ4n) is 4.17. The third kappa shape index (κ3) is 5.79. The minimum atomic E-state index is -4.07. The lowest BCUT2D eigenvalue weighted by atomic mass is 10.1. The molecular weight excluding hydrogens is 520 g/mol. The van der Waals surface area contributed by atoms with Gasteiger partial charge in [0, 0.05) is 43.5 Å². The van der Waals surface area contributed by atoms with Gasteiger partial charge in [0.1, 0.15) is 12.1 Å². The largest absolute Gasteiger partial charge is 0.329 e. The second kappa shape index (κ2) is 10.9. The predicted octanol–water partition coefficient (Wildman–Crippen LogP) is 2.37. The number of aryl methyl sites for hydroxylation is 3. The molecule has 0 spiro atoms. The summed E-state index contributed by atoms with van der Waals surface area (Å²) in [6, 6.07) is 11.2. The van der Waals surface area contributed by atoms with Crippen LogP contribution in [-0.4, -0.2) is 53.4 Å². The molecule has 2 heterocycles. The zero-order valence-corrected chi connectivity index (χ0v) is 22.9. The van der Waals surface area contributed by atoms with Crippen molar-refractivity contribution in [2.75, 3.05) is 16.8 Å². The van der Waals surface area contributed by atoms with Crippen molar-refractivity contribution in [1.82, 2.24) is 19.7 Å². The summed E-state index contributed by atoms with van der Waals surface area (Å²) in [7, 11) is -0.358. The molecule has 0 aliphatic rings.